The fourth-order valence-corrected chi connectivity index (χ4v) is 2.73. The molecular formula is C19H20N2O2. The highest BCUT2D eigenvalue weighted by molar-refractivity contribution is 5.94. The van der Waals surface area contributed by atoms with Crippen LogP contribution in [-0.2, 0) is 6.42 Å². The van der Waals surface area contributed by atoms with Crippen molar-refractivity contribution < 1.29 is 9.53 Å². The number of hydrogen-bond acceptors (Lipinski definition) is 2. The summed E-state index contributed by atoms with van der Waals surface area (Å²) in [5, 5.41) is 4.25. The number of H-pyrrole nitrogens is 1. The third-order valence-electron chi connectivity index (χ3n) is 3.93. The average Bonchev–Trinajstić information content (AvgIpc) is 2.98. The largest absolute Gasteiger partial charge is 0.497 e. The van der Waals surface area contributed by atoms with Gasteiger partial charge < -0.3 is 15.0 Å². The number of carbonyl (C=O) groups is 1. The van der Waals surface area contributed by atoms with E-state index in [1.807, 2.05) is 25.3 Å². The van der Waals surface area contributed by atoms with Crippen molar-refractivity contribution in [3.05, 3.63) is 65.9 Å². The van der Waals surface area contributed by atoms with Crippen molar-refractivity contribution in [2.45, 2.75) is 19.4 Å². The number of ether oxygens (including phenoxy) is 1. The monoisotopic (exact) mass is 308 g/mol. The van der Waals surface area contributed by atoms with Gasteiger partial charge >= 0.3 is 0 Å². The molecule has 118 valence electrons. The van der Waals surface area contributed by atoms with E-state index in [-0.39, 0.29) is 11.9 Å². The molecular weight excluding hydrogens is 288 g/mol. The Labute approximate surface area is 135 Å². The van der Waals surface area contributed by atoms with Gasteiger partial charge in [0.15, 0.2) is 0 Å². The molecule has 0 spiro atoms. The Kier molecular flexibility index (Phi) is 4.33. The molecule has 0 saturated heterocycles. The summed E-state index contributed by atoms with van der Waals surface area (Å²) in [6.45, 7) is 2.02. The fourth-order valence-electron chi connectivity index (χ4n) is 2.73. The molecule has 0 unspecified atom stereocenters. The Balaban J connectivity index is 1.66. The summed E-state index contributed by atoms with van der Waals surface area (Å²) in [4.78, 5) is 15.6. The lowest BCUT2D eigenvalue weighted by molar-refractivity contribution is 0.0940. The van der Waals surface area contributed by atoms with Gasteiger partial charge in [-0.05, 0) is 49.2 Å². The number of aromatic amines is 1. The molecule has 0 aliphatic heterocycles. The van der Waals surface area contributed by atoms with Crippen molar-refractivity contribution in [3.63, 3.8) is 0 Å². The van der Waals surface area contributed by atoms with Crippen LogP contribution in [0.1, 0.15) is 22.8 Å². The molecule has 3 rings (SSSR count). The minimum atomic E-state index is -0.0694. The van der Waals surface area contributed by atoms with Crippen molar-refractivity contribution >= 4 is 16.8 Å². The molecule has 23 heavy (non-hydrogen) atoms. The van der Waals surface area contributed by atoms with Gasteiger partial charge in [0.05, 0.1) is 7.11 Å². The first-order valence-corrected chi connectivity index (χ1v) is 7.67. The van der Waals surface area contributed by atoms with Gasteiger partial charge in [0.25, 0.3) is 5.91 Å². The summed E-state index contributed by atoms with van der Waals surface area (Å²) >= 11 is 0. The van der Waals surface area contributed by atoms with Crippen LogP contribution < -0.4 is 10.1 Å². The van der Waals surface area contributed by atoms with Crippen LogP contribution in [0.2, 0.25) is 0 Å². The maximum Gasteiger partial charge on any atom is 0.251 e. The number of methoxy groups -OCH3 is 1. The van der Waals surface area contributed by atoms with Crippen molar-refractivity contribution in [3.8, 4) is 5.75 Å². The van der Waals surface area contributed by atoms with E-state index in [0.29, 0.717) is 5.56 Å². The smallest absolute Gasteiger partial charge is 0.251 e. The minimum Gasteiger partial charge on any atom is -0.497 e. The van der Waals surface area contributed by atoms with Gasteiger partial charge in [0.1, 0.15) is 5.75 Å². The molecule has 4 nitrogen and oxygen atoms in total. The van der Waals surface area contributed by atoms with E-state index in [0.717, 1.165) is 17.7 Å². The molecule has 0 aliphatic rings. The lowest BCUT2D eigenvalue weighted by Gasteiger charge is -2.14. The molecule has 1 heterocycles. The zero-order valence-corrected chi connectivity index (χ0v) is 13.3. The highest BCUT2D eigenvalue weighted by atomic mass is 16.5. The van der Waals surface area contributed by atoms with Gasteiger partial charge in [-0.1, -0.05) is 18.2 Å². The van der Waals surface area contributed by atoms with Gasteiger partial charge in [0.2, 0.25) is 0 Å². The third kappa shape index (κ3) is 3.37. The Morgan fingerprint density at radius 3 is 2.65 bits per heavy atom. The van der Waals surface area contributed by atoms with Crippen molar-refractivity contribution in [1.82, 2.24) is 10.3 Å². The second kappa shape index (κ2) is 6.57. The SMILES string of the molecule is COc1ccc(C(=O)N[C@@H](C)Cc2c[nH]c3ccccc23)cc1. The maximum absolute atomic E-state index is 12.3. The second-order valence-corrected chi connectivity index (χ2v) is 5.67. The molecule has 4 heteroatoms. The molecule has 2 aromatic carbocycles. The molecule has 0 radical (unpaired) electrons. The number of fused-ring (bicyclic) bond motifs is 1. The van der Waals surface area contributed by atoms with E-state index in [4.69, 9.17) is 4.74 Å². The Bertz CT molecular complexity index is 806. The number of carbonyl (C=O) groups excluding carboxylic acids is 1. The van der Waals surface area contributed by atoms with E-state index in [1.165, 1.54) is 10.9 Å². The summed E-state index contributed by atoms with van der Waals surface area (Å²) in [5.74, 6) is 0.674. The van der Waals surface area contributed by atoms with Gasteiger partial charge in [-0.3, -0.25) is 4.79 Å². The summed E-state index contributed by atoms with van der Waals surface area (Å²) in [5.41, 5.74) is 2.97. The molecule has 1 amide bonds. The van der Waals surface area contributed by atoms with E-state index >= 15 is 0 Å². The summed E-state index contributed by atoms with van der Waals surface area (Å²) in [7, 11) is 1.61. The molecule has 1 aromatic heterocycles. The summed E-state index contributed by atoms with van der Waals surface area (Å²) in [6, 6.07) is 15.4. The molecule has 2 N–H and O–H groups in total. The normalized spacial score (nSPS) is 12.1. The van der Waals surface area contributed by atoms with Crippen LogP contribution >= 0.6 is 0 Å². The zero-order valence-electron chi connectivity index (χ0n) is 13.3. The van der Waals surface area contributed by atoms with Crippen LogP contribution in [-0.4, -0.2) is 24.0 Å². The van der Waals surface area contributed by atoms with Crippen LogP contribution in [0.4, 0.5) is 0 Å². The average molecular weight is 308 g/mol. The lowest BCUT2D eigenvalue weighted by Crippen LogP contribution is -2.34. The maximum atomic E-state index is 12.3. The number of benzene rings is 2. The number of nitrogens with one attached hydrogen (secondary N) is 2. The molecule has 0 saturated carbocycles. The first-order chi connectivity index (χ1) is 11.2. The molecule has 0 fully saturated rings. The van der Waals surface area contributed by atoms with E-state index in [9.17, 15) is 4.79 Å². The van der Waals surface area contributed by atoms with Gasteiger partial charge in [-0.15, -0.1) is 0 Å². The minimum absolute atomic E-state index is 0.0452. The Morgan fingerprint density at radius 2 is 1.91 bits per heavy atom. The first-order valence-electron chi connectivity index (χ1n) is 7.67. The number of rotatable bonds is 5. The molecule has 3 aromatic rings. The van der Waals surface area contributed by atoms with E-state index < -0.39 is 0 Å². The first kappa shape index (κ1) is 15.2. The van der Waals surface area contributed by atoms with E-state index in [1.54, 1.807) is 31.4 Å². The highest BCUT2D eigenvalue weighted by Gasteiger charge is 2.12. The molecule has 0 bridgehead atoms. The Hall–Kier alpha value is -2.75. The standard InChI is InChI=1S/C19H20N2O2/c1-13(11-15-12-20-18-6-4-3-5-17(15)18)21-19(22)14-7-9-16(23-2)10-8-14/h3-10,12-13,20H,11H2,1-2H3,(H,21,22)/t13-/m0/s1. The highest BCUT2D eigenvalue weighted by Crippen LogP contribution is 2.19. The third-order valence-corrected chi connectivity index (χ3v) is 3.93. The van der Waals surface area contributed by atoms with E-state index in [2.05, 4.69) is 22.4 Å². The fraction of sp³-hybridized carbons (Fsp3) is 0.211. The van der Waals surface area contributed by atoms with Crippen molar-refractivity contribution in [2.75, 3.05) is 7.11 Å². The topological polar surface area (TPSA) is 54.1 Å². The number of aromatic nitrogens is 1. The number of hydrogen-bond donors (Lipinski definition) is 2. The van der Waals surface area contributed by atoms with Gasteiger partial charge in [-0.2, -0.15) is 0 Å². The Morgan fingerprint density at radius 1 is 1.17 bits per heavy atom. The quantitative estimate of drug-likeness (QED) is 0.757. The molecule has 1 atom stereocenters. The van der Waals surface area contributed by atoms with Crippen molar-refractivity contribution in [1.29, 1.82) is 0 Å². The predicted octanol–water partition coefficient (Wildman–Crippen LogP) is 3.54. The summed E-state index contributed by atoms with van der Waals surface area (Å²) < 4.78 is 5.11. The second-order valence-electron chi connectivity index (χ2n) is 5.67. The lowest BCUT2D eigenvalue weighted by atomic mass is 10.1. The van der Waals surface area contributed by atoms with Crippen LogP contribution in [0.5, 0.6) is 5.75 Å². The summed E-state index contributed by atoms with van der Waals surface area (Å²) in [6.07, 6.45) is 2.80. The zero-order chi connectivity index (χ0) is 16.2. The number of amides is 1. The number of para-hydroxylation sites is 1. The van der Waals surface area contributed by atoms with Crippen molar-refractivity contribution in [2.24, 2.45) is 0 Å². The molecule has 0 aliphatic carbocycles. The van der Waals surface area contributed by atoms with Crippen LogP contribution in [0.25, 0.3) is 10.9 Å². The van der Waals surface area contributed by atoms with Crippen LogP contribution in [0.3, 0.4) is 0 Å². The van der Waals surface area contributed by atoms with Crippen LogP contribution in [0, 0.1) is 0 Å². The van der Waals surface area contributed by atoms with Gasteiger partial charge in [0, 0.05) is 28.7 Å². The predicted molar refractivity (Wildman–Crippen MR) is 91.9 cm³/mol. The van der Waals surface area contributed by atoms with Crippen LogP contribution in [0.15, 0.2) is 54.7 Å². The van der Waals surface area contributed by atoms with Gasteiger partial charge in [-0.25, -0.2) is 0 Å².